The van der Waals surface area contributed by atoms with Crippen molar-refractivity contribution in [1.82, 2.24) is 19.5 Å². The largest absolute Gasteiger partial charge is 0.455 e. The van der Waals surface area contributed by atoms with Gasteiger partial charge in [-0.2, -0.15) is 0 Å². The molecule has 9 aromatic carbocycles. The highest BCUT2D eigenvalue weighted by Gasteiger charge is 2.22. The fourth-order valence-corrected chi connectivity index (χ4v) is 10.6. The first kappa shape index (κ1) is 35.6. The number of aromatic nitrogens is 4. The molecule has 0 aliphatic carbocycles. The van der Waals surface area contributed by atoms with Gasteiger partial charge in [-0.05, 0) is 59.2 Å². The van der Waals surface area contributed by atoms with E-state index in [2.05, 4.69) is 174 Å². The molecule has 0 aliphatic heterocycles. The Labute approximate surface area is 365 Å². The lowest BCUT2D eigenvalue weighted by atomic mass is 9.99. The summed E-state index contributed by atoms with van der Waals surface area (Å²) in [5, 5.41) is 7.10. The number of hydrogen-bond donors (Lipinski definition) is 0. The van der Waals surface area contributed by atoms with Crippen LogP contribution in [0.25, 0.3) is 126 Å². The van der Waals surface area contributed by atoms with Gasteiger partial charge in [-0.25, -0.2) is 15.0 Å². The van der Waals surface area contributed by atoms with Crippen molar-refractivity contribution < 1.29 is 4.42 Å². The quantitative estimate of drug-likeness (QED) is 0.168. The smallest absolute Gasteiger partial charge is 0.164 e. The number of benzene rings is 9. The van der Waals surface area contributed by atoms with Gasteiger partial charge in [-0.15, -0.1) is 11.3 Å². The van der Waals surface area contributed by atoms with Crippen molar-refractivity contribution in [3.8, 4) is 62.1 Å². The summed E-state index contributed by atoms with van der Waals surface area (Å²) in [4.78, 5) is 15.8. The summed E-state index contributed by atoms with van der Waals surface area (Å²) in [6, 6.07) is 72.6. The molecule has 63 heavy (non-hydrogen) atoms. The van der Waals surface area contributed by atoms with Crippen molar-refractivity contribution in [2.45, 2.75) is 0 Å². The van der Waals surface area contributed by atoms with Gasteiger partial charge in [0.2, 0.25) is 0 Å². The minimum atomic E-state index is 0.580. The summed E-state index contributed by atoms with van der Waals surface area (Å²) in [5.74, 6) is 1.79. The molecule has 4 heterocycles. The van der Waals surface area contributed by atoms with E-state index in [-0.39, 0.29) is 0 Å². The molecule has 4 aromatic heterocycles. The molecule has 0 aliphatic rings. The van der Waals surface area contributed by atoms with Gasteiger partial charge < -0.3 is 8.98 Å². The maximum absolute atomic E-state index is 6.70. The van der Waals surface area contributed by atoms with Gasteiger partial charge in [0.25, 0.3) is 0 Å². The van der Waals surface area contributed by atoms with E-state index in [0.29, 0.717) is 17.5 Å². The molecule has 0 amide bonds. The Hall–Kier alpha value is -8.19. The Morgan fingerprint density at radius 2 is 0.968 bits per heavy atom. The summed E-state index contributed by atoms with van der Waals surface area (Å²) in [5.41, 5.74) is 11.9. The standard InChI is InChI=1S/C57H34N4OS/c1-3-15-35(16-4-1)37-19-13-20-38(31-37)56-58-55(36-17-5-2-6-18-36)59-57(60-56)40-32-39(42-24-14-25-47-44-22-8-11-27-50(44)62-53(42)47)33-41(34-40)61-49-26-10-7-21-43(49)46-29-30-48-45-23-9-12-28-51(45)63-54(48)52(46)61/h1-34H. The average Bonchev–Trinajstić information content (AvgIpc) is 4.04. The van der Waals surface area contributed by atoms with Crippen LogP contribution in [0.5, 0.6) is 0 Å². The molecule has 0 bridgehead atoms. The lowest BCUT2D eigenvalue weighted by Gasteiger charge is -2.15. The third-order valence-electron chi connectivity index (χ3n) is 12.2. The molecule has 5 nitrogen and oxygen atoms in total. The molecule has 6 heteroatoms. The van der Waals surface area contributed by atoms with E-state index in [1.807, 2.05) is 47.7 Å². The van der Waals surface area contributed by atoms with Crippen LogP contribution in [0.4, 0.5) is 0 Å². The first-order valence-corrected chi connectivity index (χ1v) is 21.9. The zero-order valence-corrected chi connectivity index (χ0v) is 34.6. The van der Waals surface area contributed by atoms with Gasteiger partial charge in [0.1, 0.15) is 11.2 Å². The Balaban J connectivity index is 1.12. The Morgan fingerprint density at radius 3 is 1.81 bits per heavy atom. The van der Waals surface area contributed by atoms with Gasteiger partial charge >= 0.3 is 0 Å². The molecule has 0 saturated carbocycles. The van der Waals surface area contributed by atoms with Crippen molar-refractivity contribution in [3.63, 3.8) is 0 Å². The summed E-state index contributed by atoms with van der Waals surface area (Å²) < 4.78 is 11.7. The highest BCUT2D eigenvalue weighted by molar-refractivity contribution is 7.26. The summed E-state index contributed by atoms with van der Waals surface area (Å²) in [6.45, 7) is 0. The first-order chi connectivity index (χ1) is 31.2. The van der Waals surface area contributed by atoms with E-state index < -0.39 is 0 Å². The van der Waals surface area contributed by atoms with Gasteiger partial charge in [-0.1, -0.05) is 164 Å². The number of para-hydroxylation sites is 3. The van der Waals surface area contributed by atoms with Crippen molar-refractivity contribution >= 4 is 75.3 Å². The number of rotatable bonds is 6. The number of nitrogens with zero attached hydrogens (tertiary/aromatic N) is 4. The molecule has 0 radical (unpaired) electrons. The minimum absolute atomic E-state index is 0.580. The van der Waals surface area contributed by atoms with E-state index in [1.165, 1.54) is 36.5 Å². The van der Waals surface area contributed by atoms with Crippen molar-refractivity contribution in [3.05, 3.63) is 206 Å². The van der Waals surface area contributed by atoms with Crippen LogP contribution in [-0.2, 0) is 0 Å². The van der Waals surface area contributed by atoms with Crippen LogP contribution >= 0.6 is 11.3 Å². The fraction of sp³-hybridized carbons (Fsp3) is 0. The predicted molar refractivity (Wildman–Crippen MR) is 262 cm³/mol. The Bertz CT molecular complexity index is 3920. The fourth-order valence-electron chi connectivity index (χ4n) is 9.32. The second kappa shape index (κ2) is 14.2. The zero-order chi connectivity index (χ0) is 41.4. The molecule has 0 N–H and O–H groups in total. The molecule has 0 atom stereocenters. The van der Waals surface area contributed by atoms with Crippen LogP contribution in [0.3, 0.4) is 0 Å². The maximum atomic E-state index is 6.70. The monoisotopic (exact) mass is 822 g/mol. The lowest BCUT2D eigenvalue weighted by molar-refractivity contribution is 0.670. The molecule has 0 fully saturated rings. The van der Waals surface area contributed by atoms with Crippen molar-refractivity contribution in [2.24, 2.45) is 0 Å². The van der Waals surface area contributed by atoms with Crippen LogP contribution < -0.4 is 0 Å². The van der Waals surface area contributed by atoms with E-state index >= 15 is 0 Å². The first-order valence-electron chi connectivity index (χ1n) is 21.1. The second-order valence-electron chi connectivity index (χ2n) is 16.0. The number of fused-ring (bicyclic) bond motifs is 10. The highest BCUT2D eigenvalue weighted by Crippen LogP contribution is 2.45. The third kappa shape index (κ3) is 5.80. The van der Waals surface area contributed by atoms with Gasteiger partial charge in [0.05, 0.1) is 15.7 Å². The van der Waals surface area contributed by atoms with Crippen LogP contribution in [-0.4, -0.2) is 19.5 Å². The summed E-state index contributed by atoms with van der Waals surface area (Å²) in [6.07, 6.45) is 0. The van der Waals surface area contributed by atoms with E-state index in [1.54, 1.807) is 0 Å². The molecular formula is C57H34N4OS. The molecule has 0 unspecified atom stereocenters. The number of furan rings is 1. The molecule has 0 saturated heterocycles. The molecule has 13 rings (SSSR count). The molecule has 294 valence electrons. The normalized spacial score (nSPS) is 11.8. The molecule has 13 aromatic rings. The summed E-state index contributed by atoms with van der Waals surface area (Å²) >= 11 is 1.85. The zero-order valence-electron chi connectivity index (χ0n) is 33.7. The maximum Gasteiger partial charge on any atom is 0.164 e. The van der Waals surface area contributed by atoms with Crippen LogP contribution in [0.2, 0.25) is 0 Å². The Kier molecular flexibility index (Phi) is 8.01. The predicted octanol–water partition coefficient (Wildman–Crippen LogP) is 15.6. The third-order valence-corrected chi connectivity index (χ3v) is 13.4. The van der Waals surface area contributed by atoms with Crippen LogP contribution in [0.15, 0.2) is 211 Å². The van der Waals surface area contributed by atoms with Crippen molar-refractivity contribution in [2.75, 3.05) is 0 Å². The molecular weight excluding hydrogens is 789 g/mol. The SMILES string of the molecule is c1ccc(-c2cccc(-c3nc(-c4ccccc4)nc(-c4cc(-c5cccc6c5oc5ccccc56)cc(-n5c6ccccc6c6ccc7c8ccccc8sc7c65)c4)n3)c2)cc1. The minimum Gasteiger partial charge on any atom is -0.455 e. The van der Waals surface area contributed by atoms with E-state index in [4.69, 9.17) is 19.4 Å². The second-order valence-corrected chi connectivity index (χ2v) is 17.0. The lowest BCUT2D eigenvalue weighted by Crippen LogP contribution is -2.02. The van der Waals surface area contributed by atoms with E-state index in [0.717, 1.165) is 72.1 Å². The molecule has 0 spiro atoms. The topological polar surface area (TPSA) is 56.7 Å². The average molecular weight is 823 g/mol. The highest BCUT2D eigenvalue weighted by atomic mass is 32.1. The van der Waals surface area contributed by atoms with Gasteiger partial charge in [0.15, 0.2) is 17.5 Å². The van der Waals surface area contributed by atoms with Crippen LogP contribution in [0, 0.1) is 0 Å². The summed E-state index contributed by atoms with van der Waals surface area (Å²) in [7, 11) is 0. The Morgan fingerprint density at radius 1 is 0.381 bits per heavy atom. The van der Waals surface area contributed by atoms with E-state index in [9.17, 15) is 0 Å². The van der Waals surface area contributed by atoms with Crippen LogP contribution in [0.1, 0.15) is 0 Å². The van der Waals surface area contributed by atoms with Gasteiger partial charge in [0, 0.05) is 65.0 Å². The number of thiophene rings is 1. The van der Waals surface area contributed by atoms with Crippen molar-refractivity contribution in [1.29, 1.82) is 0 Å². The van der Waals surface area contributed by atoms with Gasteiger partial charge in [-0.3, -0.25) is 0 Å². The number of hydrogen-bond acceptors (Lipinski definition) is 5.